The maximum Gasteiger partial charge on any atom is 0.420 e. The third-order valence-electron chi connectivity index (χ3n) is 7.50. The zero-order chi connectivity index (χ0) is 25.7. The number of alkyl halides is 3. The maximum atomic E-state index is 14.0. The average molecular weight is 537 g/mol. The van der Waals surface area contributed by atoms with Crippen LogP contribution in [0.2, 0.25) is 5.02 Å². The molecule has 37 heavy (non-hydrogen) atoms. The first-order valence-corrected chi connectivity index (χ1v) is 12.7. The highest BCUT2D eigenvalue weighted by atomic mass is 35.5. The van der Waals surface area contributed by atoms with Crippen molar-refractivity contribution >= 4 is 17.4 Å². The number of anilines is 1. The van der Waals surface area contributed by atoms with E-state index in [9.17, 15) is 17.6 Å². The number of nitrogens with zero attached hydrogens (tertiary/aromatic N) is 6. The van der Waals surface area contributed by atoms with Gasteiger partial charge in [0.05, 0.1) is 18.8 Å². The molecule has 7 nitrogen and oxygen atoms in total. The van der Waals surface area contributed by atoms with Crippen LogP contribution in [0.3, 0.4) is 0 Å². The highest BCUT2D eigenvalue weighted by Gasteiger charge is 2.36. The molecule has 2 aromatic heterocycles. The summed E-state index contributed by atoms with van der Waals surface area (Å²) >= 11 is 6.36. The van der Waals surface area contributed by atoms with Crippen molar-refractivity contribution in [3.05, 3.63) is 64.1 Å². The van der Waals surface area contributed by atoms with Crippen LogP contribution in [0.25, 0.3) is 5.69 Å². The molecule has 0 spiro atoms. The number of ether oxygens (including phenoxy) is 1. The fourth-order valence-corrected chi connectivity index (χ4v) is 5.76. The molecule has 3 aromatic rings. The van der Waals surface area contributed by atoms with E-state index in [1.807, 2.05) is 23.1 Å². The maximum absolute atomic E-state index is 14.0. The number of pyridine rings is 1. The summed E-state index contributed by atoms with van der Waals surface area (Å²) in [7, 11) is 0. The standard InChI is InChI=1S/C25H25ClF4N6O/c26-17-1-3-20-16(11-17)12-35(18-7-10-37-14-18)13-22-32-33-24(36(20)22)15-5-8-34(9-6-15)21-4-2-19(23(27)31-21)25(28,29)30/h1-4,11,15,18H,5-10,12-14H2/t18-/m1/s1. The molecule has 0 radical (unpaired) electrons. The van der Waals surface area contributed by atoms with Crippen molar-refractivity contribution in [3.63, 3.8) is 0 Å². The molecule has 2 fully saturated rings. The number of hydrogen-bond acceptors (Lipinski definition) is 6. The van der Waals surface area contributed by atoms with Gasteiger partial charge < -0.3 is 9.64 Å². The van der Waals surface area contributed by atoms with E-state index in [0.717, 1.165) is 48.5 Å². The predicted molar refractivity (Wildman–Crippen MR) is 128 cm³/mol. The van der Waals surface area contributed by atoms with Crippen molar-refractivity contribution in [2.75, 3.05) is 31.2 Å². The van der Waals surface area contributed by atoms with Gasteiger partial charge in [0.25, 0.3) is 0 Å². The molecule has 3 aliphatic rings. The van der Waals surface area contributed by atoms with Gasteiger partial charge in [0.15, 0.2) is 5.82 Å². The minimum Gasteiger partial charge on any atom is -0.380 e. The van der Waals surface area contributed by atoms with Crippen LogP contribution >= 0.6 is 11.6 Å². The van der Waals surface area contributed by atoms with Gasteiger partial charge in [-0.05, 0) is 55.2 Å². The van der Waals surface area contributed by atoms with E-state index < -0.39 is 17.7 Å². The number of rotatable bonds is 3. The Labute approximate surface area is 216 Å². The second-order valence-electron chi connectivity index (χ2n) is 9.77. The van der Waals surface area contributed by atoms with Crippen molar-refractivity contribution in [2.24, 2.45) is 0 Å². The smallest absolute Gasteiger partial charge is 0.380 e. The van der Waals surface area contributed by atoms with Crippen LogP contribution in [0.15, 0.2) is 30.3 Å². The van der Waals surface area contributed by atoms with E-state index in [0.29, 0.717) is 50.1 Å². The van der Waals surface area contributed by atoms with Crippen LogP contribution in [0, 0.1) is 5.95 Å². The van der Waals surface area contributed by atoms with Crippen LogP contribution in [0.1, 0.15) is 48.0 Å². The number of benzene rings is 1. The minimum atomic E-state index is -4.77. The lowest BCUT2D eigenvalue weighted by Gasteiger charge is -2.32. The summed E-state index contributed by atoms with van der Waals surface area (Å²) in [6.45, 7) is 3.84. The van der Waals surface area contributed by atoms with Gasteiger partial charge in [-0.15, -0.1) is 10.2 Å². The monoisotopic (exact) mass is 536 g/mol. The molecule has 196 valence electrons. The molecule has 1 atom stereocenters. The molecule has 3 aliphatic heterocycles. The molecular weight excluding hydrogens is 512 g/mol. The Morgan fingerprint density at radius 2 is 1.81 bits per heavy atom. The molecule has 0 amide bonds. The summed E-state index contributed by atoms with van der Waals surface area (Å²) in [4.78, 5) is 7.78. The summed E-state index contributed by atoms with van der Waals surface area (Å²) in [5, 5.41) is 9.84. The lowest BCUT2D eigenvalue weighted by Crippen LogP contribution is -2.34. The summed E-state index contributed by atoms with van der Waals surface area (Å²) < 4.78 is 60.5. The summed E-state index contributed by atoms with van der Waals surface area (Å²) in [6.07, 6.45) is -2.43. The third kappa shape index (κ3) is 4.68. The molecule has 5 heterocycles. The van der Waals surface area contributed by atoms with Crippen molar-refractivity contribution in [2.45, 2.75) is 50.5 Å². The SMILES string of the molecule is Fc1nc(N2CCC(c3nnc4n3-c3ccc(Cl)cc3CN([C@@H]3CCOC3)C4)CC2)ccc1C(F)(F)F. The molecule has 0 N–H and O–H groups in total. The van der Waals surface area contributed by atoms with E-state index in [2.05, 4.69) is 24.6 Å². The number of aromatic nitrogens is 4. The quantitative estimate of drug-likeness (QED) is 0.348. The van der Waals surface area contributed by atoms with Crippen LogP contribution in [-0.4, -0.2) is 57.0 Å². The summed E-state index contributed by atoms with van der Waals surface area (Å²) in [5.74, 6) is 0.508. The molecule has 2 saturated heterocycles. The van der Waals surface area contributed by atoms with Gasteiger partial charge in [0.1, 0.15) is 17.2 Å². The van der Waals surface area contributed by atoms with Crippen molar-refractivity contribution in [1.82, 2.24) is 24.6 Å². The average Bonchev–Trinajstić information content (AvgIpc) is 3.51. The Hall–Kier alpha value is -2.76. The van der Waals surface area contributed by atoms with Gasteiger partial charge in [-0.2, -0.15) is 17.6 Å². The summed E-state index contributed by atoms with van der Waals surface area (Å²) in [6, 6.07) is 8.16. The van der Waals surface area contributed by atoms with Gasteiger partial charge in [-0.25, -0.2) is 4.98 Å². The first-order valence-electron chi connectivity index (χ1n) is 12.3. The molecule has 12 heteroatoms. The van der Waals surface area contributed by atoms with Crippen LogP contribution < -0.4 is 4.90 Å². The van der Waals surface area contributed by atoms with Gasteiger partial charge in [-0.1, -0.05) is 11.6 Å². The fraction of sp³-hybridized carbons (Fsp3) is 0.480. The fourth-order valence-electron chi connectivity index (χ4n) is 5.56. The lowest BCUT2D eigenvalue weighted by atomic mass is 9.95. The molecule has 0 bridgehead atoms. The van der Waals surface area contributed by atoms with E-state index in [1.54, 1.807) is 0 Å². The van der Waals surface area contributed by atoms with Gasteiger partial charge in [0, 0.05) is 43.2 Å². The number of piperidine rings is 1. The first-order chi connectivity index (χ1) is 17.8. The molecule has 0 saturated carbocycles. The number of hydrogen-bond donors (Lipinski definition) is 0. The molecule has 0 unspecified atom stereocenters. The molecule has 0 aliphatic carbocycles. The zero-order valence-corrected chi connectivity index (χ0v) is 20.6. The van der Waals surface area contributed by atoms with E-state index in [-0.39, 0.29) is 11.7 Å². The predicted octanol–water partition coefficient (Wildman–Crippen LogP) is 4.96. The molecular formula is C25H25ClF4N6O. The lowest BCUT2D eigenvalue weighted by molar-refractivity contribution is -0.140. The van der Waals surface area contributed by atoms with Gasteiger partial charge in [0.2, 0.25) is 5.95 Å². The molecule has 1 aromatic carbocycles. The van der Waals surface area contributed by atoms with Crippen LogP contribution in [0.5, 0.6) is 0 Å². The molecule has 6 rings (SSSR count). The third-order valence-corrected chi connectivity index (χ3v) is 7.74. The zero-order valence-electron chi connectivity index (χ0n) is 19.9. The van der Waals surface area contributed by atoms with Gasteiger partial charge >= 0.3 is 6.18 Å². The first kappa shape index (κ1) is 24.6. The second-order valence-corrected chi connectivity index (χ2v) is 10.2. The largest absolute Gasteiger partial charge is 0.420 e. The Morgan fingerprint density at radius 1 is 1.00 bits per heavy atom. The van der Waals surface area contributed by atoms with Gasteiger partial charge in [-0.3, -0.25) is 9.47 Å². The Bertz CT molecular complexity index is 1300. The Kier molecular flexibility index (Phi) is 6.32. The Morgan fingerprint density at radius 3 is 2.51 bits per heavy atom. The second kappa shape index (κ2) is 9.52. The van der Waals surface area contributed by atoms with E-state index >= 15 is 0 Å². The highest BCUT2D eigenvalue weighted by Crippen LogP contribution is 2.36. The van der Waals surface area contributed by atoms with Crippen LogP contribution in [-0.2, 0) is 24.0 Å². The normalized spacial score (nSPS) is 21.1. The Balaban J connectivity index is 1.25. The van der Waals surface area contributed by atoms with E-state index in [1.165, 1.54) is 6.07 Å². The summed E-state index contributed by atoms with van der Waals surface area (Å²) in [5.41, 5.74) is 0.755. The minimum absolute atomic E-state index is 0.0849. The van der Waals surface area contributed by atoms with Crippen molar-refractivity contribution < 1.29 is 22.3 Å². The van der Waals surface area contributed by atoms with Crippen molar-refractivity contribution in [1.29, 1.82) is 0 Å². The number of fused-ring (bicyclic) bond motifs is 3. The van der Waals surface area contributed by atoms with E-state index in [4.69, 9.17) is 16.3 Å². The topological polar surface area (TPSA) is 59.3 Å². The van der Waals surface area contributed by atoms with Crippen LogP contribution in [0.4, 0.5) is 23.4 Å². The number of halogens is 5. The highest BCUT2D eigenvalue weighted by molar-refractivity contribution is 6.30. The van der Waals surface area contributed by atoms with Crippen molar-refractivity contribution in [3.8, 4) is 5.69 Å².